The summed E-state index contributed by atoms with van der Waals surface area (Å²) in [6.07, 6.45) is 1.70. The molecular weight excluding hydrogens is 388 g/mol. The maximum atomic E-state index is 13.2. The van der Waals surface area contributed by atoms with Crippen LogP contribution in [0.3, 0.4) is 0 Å². The van der Waals surface area contributed by atoms with Crippen LogP contribution in [0.4, 0.5) is 0 Å². The Labute approximate surface area is 174 Å². The van der Waals surface area contributed by atoms with E-state index >= 15 is 0 Å². The minimum atomic E-state index is -1.24. The maximum absolute atomic E-state index is 13.2. The molecule has 0 aliphatic carbocycles. The number of hydrogen-bond donors (Lipinski definition) is 0. The molecule has 0 amide bonds. The van der Waals surface area contributed by atoms with E-state index in [1.807, 2.05) is 40.7 Å². The average molecular weight is 417 g/mol. The van der Waals surface area contributed by atoms with Crippen molar-refractivity contribution in [1.82, 2.24) is 9.21 Å². The van der Waals surface area contributed by atoms with E-state index in [-0.39, 0.29) is 0 Å². The largest absolute Gasteiger partial charge is 0.497 e. The van der Waals surface area contributed by atoms with Gasteiger partial charge in [0, 0.05) is 39.0 Å². The van der Waals surface area contributed by atoms with Gasteiger partial charge < -0.3 is 14.2 Å². The van der Waals surface area contributed by atoms with Crippen molar-refractivity contribution in [3.05, 3.63) is 54.1 Å². The Bertz CT molecular complexity index is 833. The molecule has 7 heteroatoms. The van der Waals surface area contributed by atoms with Gasteiger partial charge in [0.2, 0.25) is 0 Å². The van der Waals surface area contributed by atoms with Gasteiger partial charge in [-0.25, -0.2) is 4.21 Å². The van der Waals surface area contributed by atoms with Gasteiger partial charge in [0.1, 0.15) is 28.2 Å². The number of likely N-dealkylation sites (tertiary alicyclic amines) is 1. The molecule has 2 aliphatic heterocycles. The van der Waals surface area contributed by atoms with Crippen LogP contribution >= 0.6 is 0 Å². The first kappa shape index (κ1) is 20.3. The Kier molecular flexibility index (Phi) is 6.20. The van der Waals surface area contributed by atoms with E-state index in [2.05, 4.69) is 17.0 Å². The first-order valence-electron chi connectivity index (χ1n) is 9.96. The van der Waals surface area contributed by atoms with Gasteiger partial charge in [-0.05, 0) is 42.0 Å². The van der Waals surface area contributed by atoms with Crippen LogP contribution in [0, 0.1) is 0 Å². The normalized spacial score (nSPS) is 20.6. The molecule has 2 aromatic carbocycles. The molecule has 0 aromatic heterocycles. The number of rotatable bonds is 6. The molecule has 0 radical (unpaired) electrons. The summed E-state index contributed by atoms with van der Waals surface area (Å²) in [7, 11) is 2.08. The summed E-state index contributed by atoms with van der Waals surface area (Å²) in [5, 5.41) is 0. The zero-order valence-electron chi connectivity index (χ0n) is 17.0. The minimum Gasteiger partial charge on any atom is -0.497 e. The van der Waals surface area contributed by atoms with Crippen molar-refractivity contribution in [3.8, 4) is 11.5 Å². The van der Waals surface area contributed by atoms with Gasteiger partial charge in [-0.15, -0.1) is 0 Å². The third-order valence-corrected chi connectivity index (χ3v) is 7.37. The topological polar surface area (TPSA) is 51.2 Å². The summed E-state index contributed by atoms with van der Waals surface area (Å²) in [5.41, 5.74) is 0.842. The summed E-state index contributed by atoms with van der Waals surface area (Å²) in [5.74, 6) is 1.65. The van der Waals surface area contributed by atoms with E-state index in [1.54, 1.807) is 14.2 Å². The number of methoxy groups -OCH3 is 2. The molecule has 2 heterocycles. The molecule has 2 saturated heterocycles. The summed E-state index contributed by atoms with van der Waals surface area (Å²) < 4.78 is 31.9. The van der Waals surface area contributed by atoms with Crippen LogP contribution in [0.2, 0.25) is 0 Å². The first-order chi connectivity index (χ1) is 14.1. The van der Waals surface area contributed by atoms with Crippen molar-refractivity contribution in [2.24, 2.45) is 0 Å². The van der Waals surface area contributed by atoms with Crippen LogP contribution in [0.15, 0.2) is 53.4 Å². The zero-order valence-corrected chi connectivity index (χ0v) is 17.8. The van der Waals surface area contributed by atoms with Crippen LogP contribution in [0.25, 0.3) is 0 Å². The summed E-state index contributed by atoms with van der Waals surface area (Å²) in [6, 6.07) is 15.7. The Morgan fingerprint density at radius 2 is 1.52 bits per heavy atom. The molecule has 2 aliphatic rings. The lowest BCUT2D eigenvalue weighted by Gasteiger charge is -2.42. The van der Waals surface area contributed by atoms with E-state index in [0.717, 1.165) is 48.9 Å². The number of nitrogens with zero attached hydrogens (tertiary/aromatic N) is 2. The Morgan fingerprint density at radius 1 is 0.931 bits per heavy atom. The van der Waals surface area contributed by atoms with Crippen LogP contribution in [-0.4, -0.2) is 59.6 Å². The molecular formula is C22H28N2O4S. The lowest BCUT2D eigenvalue weighted by atomic mass is 10.00. The van der Waals surface area contributed by atoms with E-state index in [1.165, 1.54) is 5.56 Å². The van der Waals surface area contributed by atoms with Gasteiger partial charge in [-0.3, -0.25) is 4.90 Å². The van der Waals surface area contributed by atoms with Crippen LogP contribution in [0.5, 0.6) is 11.5 Å². The zero-order chi connectivity index (χ0) is 20.3. The third-order valence-electron chi connectivity index (χ3n) is 5.78. The molecule has 1 atom stereocenters. The van der Waals surface area contributed by atoms with Gasteiger partial charge in [0.05, 0.1) is 25.7 Å². The molecule has 156 valence electrons. The van der Waals surface area contributed by atoms with Gasteiger partial charge in [0.25, 0.3) is 0 Å². The Morgan fingerprint density at radius 3 is 2.10 bits per heavy atom. The van der Waals surface area contributed by atoms with E-state index in [0.29, 0.717) is 13.2 Å². The lowest BCUT2D eigenvalue weighted by molar-refractivity contribution is -0.0903. The molecule has 0 N–H and O–H groups in total. The molecule has 29 heavy (non-hydrogen) atoms. The van der Waals surface area contributed by atoms with Gasteiger partial charge in [-0.2, -0.15) is 4.31 Å². The number of hydrogen-bond acceptors (Lipinski definition) is 5. The molecule has 4 rings (SSSR count). The predicted molar refractivity (Wildman–Crippen MR) is 112 cm³/mol. The maximum Gasteiger partial charge on any atom is 0.135 e. The molecule has 0 saturated carbocycles. The number of ether oxygens (including phenoxy) is 3. The van der Waals surface area contributed by atoms with E-state index < -0.39 is 16.7 Å². The molecule has 1 unspecified atom stereocenters. The molecule has 2 aromatic rings. The van der Waals surface area contributed by atoms with E-state index in [9.17, 15) is 4.21 Å². The first-order valence-corrected chi connectivity index (χ1v) is 11.1. The fourth-order valence-corrected chi connectivity index (χ4v) is 5.49. The van der Waals surface area contributed by atoms with Crippen molar-refractivity contribution in [2.75, 3.05) is 40.5 Å². The number of piperidine rings is 1. The monoisotopic (exact) mass is 416 g/mol. The lowest BCUT2D eigenvalue weighted by Crippen LogP contribution is -2.53. The van der Waals surface area contributed by atoms with Gasteiger partial charge in [-0.1, -0.05) is 12.1 Å². The average Bonchev–Trinajstić information content (AvgIpc) is 3.18. The predicted octanol–water partition coefficient (Wildman–Crippen LogP) is 3.05. The highest BCUT2D eigenvalue weighted by atomic mass is 32.2. The van der Waals surface area contributed by atoms with Crippen LogP contribution in [-0.2, 0) is 22.3 Å². The Balaban J connectivity index is 1.39. The Hall–Kier alpha value is -1.93. The van der Waals surface area contributed by atoms with E-state index in [4.69, 9.17) is 14.2 Å². The quantitative estimate of drug-likeness (QED) is 0.725. The summed E-state index contributed by atoms with van der Waals surface area (Å²) in [6.45, 7) is 4.06. The molecule has 0 bridgehead atoms. The van der Waals surface area contributed by atoms with Crippen LogP contribution in [0.1, 0.15) is 18.4 Å². The second-order valence-electron chi connectivity index (χ2n) is 7.45. The van der Waals surface area contributed by atoms with Crippen LogP contribution < -0.4 is 9.47 Å². The van der Waals surface area contributed by atoms with Crippen molar-refractivity contribution in [1.29, 1.82) is 0 Å². The highest BCUT2D eigenvalue weighted by Gasteiger charge is 2.47. The third kappa shape index (κ3) is 4.33. The summed E-state index contributed by atoms with van der Waals surface area (Å²) in [4.78, 5) is 3.22. The SMILES string of the molecule is COc1ccc(CN2CCC3(CC2)OCCN3S(=O)c2ccc(OC)cc2)cc1. The van der Waals surface area contributed by atoms with Gasteiger partial charge >= 0.3 is 0 Å². The van der Waals surface area contributed by atoms with Crippen molar-refractivity contribution >= 4 is 11.0 Å². The number of benzene rings is 2. The minimum absolute atomic E-state index is 0.429. The second-order valence-corrected chi connectivity index (χ2v) is 8.86. The fourth-order valence-electron chi connectivity index (χ4n) is 4.09. The fraction of sp³-hybridized carbons (Fsp3) is 0.455. The smallest absolute Gasteiger partial charge is 0.135 e. The van der Waals surface area contributed by atoms with Crippen molar-refractivity contribution in [2.45, 2.75) is 30.0 Å². The highest BCUT2D eigenvalue weighted by Crippen LogP contribution is 2.37. The highest BCUT2D eigenvalue weighted by molar-refractivity contribution is 7.82. The molecule has 6 nitrogen and oxygen atoms in total. The van der Waals surface area contributed by atoms with Crippen molar-refractivity contribution in [3.63, 3.8) is 0 Å². The standard InChI is InChI=1S/C22H28N2O4S/c1-26-19-5-3-18(4-6-19)17-23-13-11-22(12-14-23)24(15-16-28-22)29(25)21-9-7-20(27-2)8-10-21/h3-10H,11-17H2,1-2H3. The second kappa shape index (κ2) is 8.83. The molecule has 2 fully saturated rings. The molecule has 1 spiro atoms. The van der Waals surface area contributed by atoms with Crippen molar-refractivity contribution < 1.29 is 18.4 Å². The summed E-state index contributed by atoms with van der Waals surface area (Å²) >= 11 is 0. The van der Waals surface area contributed by atoms with Gasteiger partial charge in [0.15, 0.2) is 0 Å².